The number of nitrogens with zero attached hydrogens (tertiary/aromatic N) is 5. The van der Waals surface area contributed by atoms with Crippen molar-refractivity contribution in [3.8, 4) is 39.5 Å². The number of nitrogens with one attached hydrogen (secondary N) is 3. The average Bonchev–Trinajstić information content (AvgIpc) is 3.79. The van der Waals surface area contributed by atoms with Gasteiger partial charge >= 0.3 is 0 Å². The smallest absolute Gasteiger partial charge is 0.224 e. The Morgan fingerprint density at radius 1 is 1.02 bits per heavy atom. The van der Waals surface area contributed by atoms with Crippen molar-refractivity contribution >= 4 is 33.7 Å². The normalized spacial score (nSPS) is 13.9. The van der Waals surface area contributed by atoms with E-state index >= 15 is 0 Å². The molecule has 0 atom stereocenters. The zero-order chi connectivity index (χ0) is 32.5. The number of fused-ring (bicyclic) bond motifs is 2. The number of aromatic nitrogens is 6. The summed E-state index contributed by atoms with van der Waals surface area (Å²) in [5.74, 6) is 0.583. The van der Waals surface area contributed by atoms with Gasteiger partial charge in [-0.1, -0.05) is 26.8 Å². The molecule has 2 aromatic carbocycles. The van der Waals surface area contributed by atoms with Crippen LogP contribution >= 0.6 is 0 Å². The SMILES string of the molecule is CC(C)(C)CC(=O)Nc1cncc(-c2ccc3[nH]nc(-c4nc5c(-c6cc(F)cc(OCCN7CCCC7)c6)ccnc5[nH]4)c3c2)c1. The van der Waals surface area contributed by atoms with Crippen molar-refractivity contribution in [2.75, 3.05) is 31.6 Å². The zero-order valence-corrected chi connectivity index (χ0v) is 26.7. The summed E-state index contributed by atoms with van der Waals surface area (Å²) in [6.07, 6.45) is 7.93. The van der Waals surface area contributed by atoms with Crippen LogP contribution in [0.15, 0.2) is 67.1 Å². The van der Waals surface area contributed by atoms with Crippen LogP contribution in [0.1, 0.15) is 40.0 Å². The molecule has 0 saturated carbocycles. The molecule has 1 saturated heterocycles. The van der Waals surface area contributed by atoms with Crippen molar-refractivity contribution in [3.05, 3.63) is 72.9 Å². The molecule has 4 aromatic heterocycles. The predicted octanol–water partition coefficient (Wildman–Crippen LogP) is 7.22. The quantitative estimate of drug-likeness (QED) is 0.154. The van der Waals surface area contributed by atoms with Crippen LogP contribution in [0.4, 0.5) is 10.1 Å². The van der Waals surface area contributed by atoms with Crippen molar-refractivity contribution in [3.63, 3.8) is 0 Å². The molecule has 0 spiro atoms. The lowest BCUT2D eigenvalue weighted by Gasteiger charge is -2.17. The van der Waals surface area contributed by atoms with Gasteiger partial charge in [0, 0.05) is 47.9 Å². The maximum absolute atomic E-state index is 14.8. The number of rotatable bonds is 9. The fraction of sp³-hybridized carbons (Fsp3) is 0.306. The van der Waals surface area contributed by atoms with E-state index in [1.807, 2.05) is 57.2 Å². The van der Waals surface area contributed by atoms with Gasteiger partial charge < -0.3 is 15.0 Å². The van der Waals surface area contributed by atoms with Crippen LogP contribution in [0.25, 0.3) is 55.8 Å². The first-order valence-electron chi connectivity index (χ1n) is 15.9. The summed E-state index contributed by atoms with van der Waals surface area (Å²) in [5, 5.41) is 11.5. The Morgan fingerprint density at radius 2 is 1.87 bits per heavy atom. The maximum Gasteiger partial charge on any atom is 0.224 e. The van der Waals surface area contributed by atoms with E-state index in [9.17, 15) is 9.18 Å². The van der Waals surface area contributed by atoms with E-state index in [4.69, 9.17) is 9.72 Å². The topological polar surface area (TPSA) is 125 Å². The number of pyridine rings is 2. The number of ether oxygens (including phenoxy) is 1. The van der Waals surface area contributed by atoms with Crippen LogP contribution in [-0.2, 0) is 4.79 Å². The predicted molar refractivity (Wildman–Crippen MR) is 181 cm³/mol. The minimum absolute atomic E-state index is 0.0543. The van der Waals surface area contributed by atoms with Crippen LogP contribution in [0.2, 0.25) is 0 Å². The molecule has 11 heteroatoms. The monoisotopic (exact) mass is 632 g/mol. The van der Waals surface area contributed by atoms with Crippen molar-refractivity contribution in [1.29, 1.82) is 0 Å². The van der Waals surface area contributed by atoms with E-state index < -0.39 is 0 Å². The number of carbonyl (C=O) groups excluding carboxylic acids is 1. The zero-order valence-electron chi connectivity index (χ0n) is 26.7. The maximum atomic E-state index is 14.8. The Bertz CT molecular complexity index is 2070. The number of hydrogen-bond acceptors (Lipinski definition) is 7. The van der Waals surface area contributed by atoms with Gasteiger partial charge in [-0.25, -0.2) is 14.4 Å². The summed E-state index contributed by atoms with van der Waals surface area (Å²) in [6.45, 7) is 9.59. The van der Waals surface area contributed by atoms with Crippen molar-refractivity contribution < 1.29 is 13.9 Å². The molecule has 1 aliphatic rings. The first kappa shape index (κ1) is 30.5. The summed E-state index contributed by atoms with van der Waals surface area (Å²) in [7, 11) is 0. The highest BCUT2D eigenvalue weighted by Gasteiger charge is 2.19. The molecular weight excluding hydrogens is 595 g/mol. The number of amides is 1. The van der Waals surface area contributed by atoms with Gasteiger partial charge in [0.2, 0.25) is 5.91 Å². The number of halogens is 1. The highest BCUT2D eigenvalue weighted by Crippen LogP contribution is 2.34. The highest BCUT2D eigenvalue weighted by molar-refractivity contribution is 5.98. The van der Waals surface area contributed by atoms with E-state index in [-0.39, 0.29) is 17.1 Å². The Balaban J connectivity index is 1.17. The van der Waals surface area contributed by atoms with Gasteiger partial charge in [0.25, 0.3) is 0 Å². The molecule has 240 valence electrons. The Labute approximate surface area is 271 Å². The molecule has 3 N–H and O–H groups in total. The number of carbonyl (C=O) groups is 1. The molecule has 7 rings (SSSR count). The minimum atomic E-state index is -0.377. The number of anilines is 1. The third-order valence-corrected chi connectivity index (χ3v) is 8.28. The summed E-state index contributed by atoms with van der Waals surface area (Å²) < 4.78 is 20.8. The molecule has 1 fully saturated rings. The summed E-state index contributed by atoms with van der Waals surface area (Å²) in [6, 6.07) is 14.4. The molecule has 6 aromatic rings. The number of likely N-dealkylation sites (tertiary alicyclic amines) is 1. The standard InChI is InChI=1S/C36H37FN8O2/c1-36(2,3)19-31(46)40-26-15-24(20-38-21-26)22-6-7-30-29(17-22)33(44-43-30)35-41-32-28(8-9-39-34(32)42-35)23-14-25(37)18-27(16-23)47-13-12-45-10-4-5-11-45/h6-9,14-18,20-21H,4-5,10-13,19H2,1-3H3,(H,40,46)(H,43,44)(H,39,41,42). The van der Waals surface area contributed by atoms with Gasteiger partial charge in [-0.2, -0.15) is 5.10 Å². The molecular formula is C36H37FN8O2. The van der Waals surface area contributed by atoms with Gasteiger partial charge in [-0.05, 0) is 78.9 Å². The van der Waals surface area contributed by atoms with Gasteiger partial charge in [0.05, 0.1) is 17.4 Å². The van der Waals surface area contributed by atoms with E-state index in [2.05, 4.69) is 35.4 Å². The Kier molecular flexibility index (Phi) is 8.15. The lowest BCUT2D eigenvalue weighted by atomic mass is 9.92. The van der Waals surface area contributed by atoms with Crippen LogP contribution in [0, 0.1) is 11.2 Å². The van der Waals surface area contributed by atoms with Crippen LogP contribution in [-0.4, -0.2) is 67.2 Å². The number of aromatic amines is 2. The third-order valence-electron chi connectivity index (χ3n) is 8.28. The molecule has 1 amide bonds. The second-order valence-corrected chi connectivity index (χ2v) is 13.3. The highest BCUT2D eigenvalue weighted by atomic mass is 19.1. The first-order valence-corrected chi connectivity index (χ1v) is 15.9. The summed E-state index contributed by atoms with van der Waals surface area (Å²) in [4.78, 5) is 32.0. The number of hydrogen-bond donors (Lipinski definition) is 3. The third kappa shape index (κ3) is 6.85. The van der Waals surface area contributed by atoms with Gasteiger partial charge in [0.1, 0.15) is 29.4 Å². The van der Waals surface area contributed by atoms with Crippen molar-refractivity contribution in [1.82, 2.24) is 35.0 Å². The minimum Gasteiger partial charge on any atom is -0.492 e. The first-order chi connectivity index (χ1) is 22.7. The van der Waals surface area contributed by atoms with Crippen LogP contribution in [0.5, 0.6) is 5.75 Å². The van der Waals surface area contributed by atoms with Gasteiger partial charge in [-0.3, -0.25) is 19.8 Å². The average molecular weight is 633 g/mol. The van der Waals surface area contributed by atoms with Gasteiger partial charge in [-0.15, -0.1) is 0 Å². The number of benzene rings is 2. The lowest BCUT2D eigenvalue weighted by molar-refractivity contribution is -0.117. The Morgan fingerprint density at radius 3 is 2.70 bits per heavy atom. The van der Waals surface area contributed by atoms with E-state index in [1.54, 1.807) is 18.6 Å². The number of H-pyrrole nitrogens is 2. The largest absolute Gasteiger partial charge is 0.492 e. The van der Waals surface area contributed by atoms with Crippen LogP contribution < -0.4 is 10.1 Å². The van der Waals surface area contributed by atoms with Gasteiger partial charge in [0.15, 0.2) is 11.5 Å². The molecule has 0 aliphatic carbocycles. The molecule has 5 heterocycles. The lowest BCUT2D eigenvalue weighted by Crippen LogP contribution is -2.25. The van der Waals surface area contributed by atoms with E-state index in [0.717, 1.165) is 47.2 Å². The summed E-state index contributed by atoms with van der Waals surface area (Å²) >= 11 is 0. The number of imidazole rings is 1. The molecule has 0 radical (unpaired) electrons. The molecule has 1 aliphatic heterocycles. The molecule has 10 nitrogen and oxygen atoms in total. The Hall–Kier alpha value is -5.16. The second-order valence-electron chi connectivity index (χ2n) is 13.3. The summed E-state index contributed by atoms with van der Waals surface area (Å²) in [5.41, 5.74) is 6.29. The fourth-order valence-corrected chi connectivity index (χ4v) is 6.08. The molecule has 0 unspecified atom stereocenters. The van der Waals surface area contributed by atoms with E-state index in [1.165, 1.54) is 25.0 Å². The fourth-order valence-electron chi connectivity index (χ4n) is 6.08. The van der Waals surface area contributed by atoms with Crippen molar-refractivity contribution in [2.24, 2.45) is 5.41 Å². The van der Waals surface area contributed by atoms with E-state index in [0.29, 0.717) is 52.7 Å². The second kappa shape index (κ2) is 12.6. The van der Waals surface area contributed by atoms with Crippen molar-refractivity contribution in [2.45, 2.75) is 40.0 Å². The molecule has 0 bridgehead atoms. The van der Waals surface area contributed by atoms with Crippen LogP contribution in [0.3, 0.4) is 0 Å². The molecule has 47 heavy (non-hydrogen) atoms.